The molecule has 0 heterocycles. The Balaban J connectivity index is 1.51. The molecule has 0 aliphatic carbocycles. The molecule has 8 aromatic carbocycles. The Bertz CT molecular complexity index is 2510. The molecule has 8 rings (SSSR count). The molecule has 48 heavy (non-hydrogen) atoms. The maximum absolute atomic E-state index is 14.1. The molecule has 0 spiro atoms. The second-order valence-electron chi connectivity index (χ2n) is 13.7. The molecule has 0 aromatic heterocycles. The van der Waals surface area contributed by atoms with Crippen molar-refractivity contribution in [2.24, 2.45) is 0 Å². The lowest BCUT2D eigenvalue weighted by Gasteiger charge is -2.21. The van der Waals surface area contributed by atoms with Crippen LogP contribution in [0.3, 0.4) is 0 Å². The first-order valence-corrected chi connectivity index (χ1v) is 16.3. The van der Waals surface area contributed by atoms with E-state index in [-0.39, 0.29) is 5.41 Å². The van der Waals surface area contributed by atoms with Crippen molar-refractivity contribution in [3.63, 3.8) is 0 Å². The lowest BCUT2D eigenvalue weighted by Crippen LogP contribution is -2.10. The molecule has 0 bridgehead atoms. The van der Waals surface area contributed by atoms with E-state index in [2.05, 4.69) is 124 Å². The molecule has 0 amide bonds. The first kappa shape index (κ1) is 30.0. The van der Waals surface area contributed by atoms with Crippen LogP contribution in [0.25, 0.3) is 76.5 Å². The lowest BCUT2D eigenvalue weighted by atomic mass is 9.82. The zero-order valence-electron chi connectivity index (χ0n) is 27.0. The molecule has 0 nitrogen and oxygen atoms in total. The number of halogens is 3. The van der Waals surface area contributed by atoms with E-state index in [1.807, 2.05) is 18.2 Å². The van der Waals surface area contributed by atoms with Crippen molar-refractivity contribution in [1.82, 2.24) is 0 Å². The van der Waals surface area contributed by atoms with Gasteiger partial charge >= 0.3 is 6.18 Å². The summed E-state index contributed by atoms with van der Waals surface area (Å²) >= 11 is 0. The van der Waals surface area contributed by atoms with Gasteiger partial charge in [-0.25, -0.2) is 0 Å². The number of hydrogen-bond donors (Lipinski definition) is 0. The third kappa shape index (κ3) is 5.02. The zero-order valence-corrected chi connectivity index (χ0v) is 27.0. The number of fused-ring (bicyclic) bond motifs is 5. The van der Waals surface area contributed by atoms with Gasteiger partial charge in [0.2, 0.25) is 0 Å². The average Bonchev–Trinajstić information content (AvgIpc) is 3.09. The third-order valence-corrected chi connectivity index (χ3v) is 9.62. The number of benzene rings is 8. The molecule has 234 valence electrons. The van der Waals surface area contributed by atoms with E-state index >= 15 is 0 Å². The van der Waals surface area contributed by atoms with Crippen LogP contribution < -0.4 is 0 Å². The molecule has 0 unspecified atom stereocenters. The summed E-state index contributed by atoms with van der Waals surface area (Å²) in [6, 6.07) is 48.1. The first-order valence-electron chi connectivity index (χ1n) is 16.3. The van der Waals surface area contributed by atoms with Gasteiger partial charge in [-0.2, -0.15) is 13.2 Å². The normalized spacial score (nSPS) is 12.4. The molecular formula is C45H33F3. The number of hydrogen-bond acceptors (Lipinski definition) is 0. The van der Waals surface area contributed by atoms with Crippen LogP contribution in [0.4, 0.5) is 13.2 Å². The highest BCUT2D eigenvalue weighted by Gasteiger charge is 2.31. The highest BCUT2D eigenvalue weighted by Crippen LogP contribution is 2.48. The summed E-state index contributed by atoms with van der Waals surface area (Å²) in [5, 5.41) is 8.45. The molecule has 0 radical (unpaired) electrons. The van der Waals surface area contributed by atoms with Crippen LogP contribution in [0, 0.1) is 0 Å². The first-order chi connectivity index (χ1) is 23.1. The van der Waals surface area contributed by atoms with Gasteiger partial charge in [0.1, 0.15) is 0 Å². The van der Waals surface area contributed by atoms with E-state index in [9.17, 15) is 13.2 Å². The molecule has 0 atom stereocenters. The van der Waals surface area contributed by atoms with E-state index in [4.69, 9.17) is 0 Å². The summed E-state index contributed by atoms with van der Waals surface area (Å²) in [5.74, 6) is 0. The number of rotatable bonds is 3. The minimum Gasteiger partial charge on any atom is -0.166 e. The van der Waals surface area contributed by atoms with Crippen LogP contribution >= 0.6 is 0 Å². The summed E-state index contributed by atoms with van der Waals surface area (Å²) in [6.45, 7) is 6.59. The van der Waals surface area contributed by atoms with Gasteiger partial charge in [0.15, 0.2) is 0 Å². The Labute approximate surface area is 278 Å². The van der Waals surface area contributed by atoms with E-state index in [1.54, 1.807) is 6.07 Å². The third-order valence-electron chi connectivity index (χ3n) is 9.62. The van der Waals surface area contributed by atoms with Crippen LogP contribution in [0.15, 0.2) is 146 Å². The maximum atomic E-state index is 14.1. The summed E-state index contributed by atoms with van der Waals surface area (Å²) in [7, 11) is 0. The van der Waals surface area contributed by atoms with Crippen molar-refractivity contribution < 1.29 is 13.2 Å². The monoisotopic (exact) mass is 630 g/mol. The second kappa shape index (κ2) is 11.1. The molecule has 0 saturated carbocycles. The molecule has 8 aromatic rings. The smallest absolute Gasteiger partial charge is 0.166 e. The fourth-order valence-electron chi connectivity index (χ4n) is 7.23. The Hall–Kier alpha value is -5.41. The van der Waals surface area contributed by atoms with Crippen LogP contribution in [-0.2, 0) is 11.6 Å². The molecule has 0 fully saturated rings. The Morgan fingerprint density at radius 2 is 0.958 bits per heavy atom. The van der Waals surface area contributed by atoms with Gasteiger partial charge in [-0.15, -0.1) is 0 Å². The van der Waals surface area contributed by atoms with Gasteiger partial charge in [0, 0.05) is 0 Å². The lowest BCUT2D eigenvalue weighted by molar-refractivity contribution is -0.137. The van der Waals surface area contributed by atoms with Gasteiger partial charge in [-0.1, -0.05) is 142 Å². The van der Waals surface area contributed by atoms with Crippen molar-refractivity contribution in [2.45, 2.75) is 32.4 Å². The van der Waals surface area contributed by atoms with Crippen molar-refractivity contribution >= 4 is 43.1 Å². The van der Waals surface area contributed by atoms with Crippen molar-refractivity contribution in [1.29, 1.82) is 0 Å². The van der Waals surface area contributed by atoms with Gasteiger partial charge in [-0.3, -0.25) is 0 Å². The Morgan fingerprint density at radius 1 is 0.375 bits per heavy atom. The second-order valence-corrected chi connectivity index (χ2v) is 13.7. The summed E-state index contributed by atoms with van der Waals surface area (Å²) in [4.78, 5) is 0. The van der Waals surface area contributed by atoms with Crippen LogP contribution in [0.2, 0.25) is 0 Å². The van der Waals surface area contributed by atoms with E-state index in [1.165, 1.54) is 28.5 Å². The van der Waals surface area contributed by atoms with E-state index < -0.39 is 11.7 Å². The minimum atomic E-state index is -4.45. The fourth-order valence-corrected chi connectivity index (χ4v) is 7.23. The Kier molecular flexibility index (Phi) is 6.92. The predicted octanol–water partition coefficient (Wildman–Crippen LogP) is 13.6. The van der Waals surface area contributed by atoms with Crippen LogP contribution in [0.1, 0.15) is 31.9 Å². The Morgan fingerprint density at radius 3 is 1.65 bits per heavy atom. The zero-order chi connectivity index (χ0) is 33.2. The quantitative estimate of drug-likeness (QED) is 0.135. The molecule has 0 aliphatic heterocycles. The number of alkyl halides is 3. The maximum Gasteiger partial charge on any atom is 0.416 e. The van der Waals surface area contributed by atoms with Crippen LogP contribution in [0.5, 0.6) is 0 Å². The molecular weight excluding hydrogens is 597 g/mol. The molecule has 0 N–H and O–H groups in total. The summed E-state index contributed by atoms with van der Waals surface area (Å²) in [6.07, 6.45) is -4.45. The van der Waals surface area contributed by atoms with Crippen LogP contribution in [-0.4, -0.2) is 0 Å². The van der Waals surface area contributed by atoms with E-state index in [0.717, 1.165) is 66.2 Å². The topological polar surface area (TPSA) is 0 Å². The molecule has 0 aliphatic rings. The summed E-state index contributed by atoms with van der Waals surface area (Å²) in [5.41, 5.74) is 6.20. The predicted molar refractivity (Wildman–Crippen MR) is 196 cm³/mol. The average molecular weight is 631 g/mol. The minimum absolute atomic E-state index is 0.0228. The van der Waals surface area contributed by atoms with Crippen molar-refractivity contribution in [3.8, 4) is 33.4 Å². The summed E-state index contributed by atoms with van der Waals surface area (Å²) < 4.78 is 42.2. The van der Waals surface area contributed by atoms with Gasteiger partial charge in [0.05, 0.1) is 5.56 Å². The van der Waals surface area contributed by atoms with E-state index in [0.29, 0.717) is 5.56 Å². The van der Waals surface area contributed by atoms with Crippen molar-refractivity contribution in [3.05, 3.63) is 157 Å². The van der Waals surface area contributed by atoms with Gasteiger partial charge in [-0.05, 0) is 112 Å². The molecule has 0 saturated heterocycles. The van der Waals surface area contributed by atoms with Gasteiger partial charge in [0.25, 0.3) is 0 Å². The fraction of sp³-hybridized carbons (Fsp3) is 0.111. The van der Waals surface area contributed by atoms with Crippen molar-refractivity contribution in [2.75, 3.05) is 0 Å². The largest absolute Gasteiger partial charge is 0.416 e. The van der Waals surface area contributed by atoms with Gasteiger partial charge < -0.3 is 0 Å². The standard InChI is InChI=1S/C45H33F3/c1-44(2,3)32-22-19-28(20-23-32)29-21-24-39-41(26-29)42(31-12-10-13-33(25-31)45(46,47)48)37-17-8-9-18-38(37)43(39)40-27-30-11-4-5-14-34(30)35-15-6-7-16-36(35)40/h4-27H,1-3H3. The molecule has 3 heteroatoms. The SMILES string of the molecule is CC(C)(C)c1ccc(-c2ccc3c(-c4cc5ccccc5c5ccccc45)c4ccccc4c(-c4cccc(C(F)(F)F)c4)c3c2)cc1. The highest BCUT2D eigenvalue weighted by molar-refractivity contribution is 6.26. The highest BCUT2D eigenvalue weighted by atomic mass is 19.4.